The van der Waals surface area contributed by atoms with Crippen LogP contribution >= 0.6 is 11.3 Å². The van der Waals surface area contributed by atoms with Gasteiger partial charge in [-0.3, -0.25) is 0 Å². The third kappa shape index (κ3) is 4.72. The second-order valence-electron chi connectivity index (χ2n) is 6.67. The van der Waals surface area contributed by atoms with E-state index in [0.717, 1.165) is 31.2 Å². The monoisotopic (exact) mass is 297 g/mol. The molecule has 5 heteroatoms. The van der Waals surface area contributed by atoms with Crippen LogP contribution in [0.2, 0.25) is 0 Å². The van der Waals surface area contributed by atoms with Crippen LogP contribution in [0.1, 0.15) is 40.0 Å². The van der Waals surface area contributed by atoms with Crippen LogP contribution in [-0.4, -0.2) is 41.9 Å². The van der Waals surface area contributed by atoms with Crippen molar-refractivity contribution >= 4 is 16.5 Å². The number of nitrogens with one attached hydrogen (secondary N) is 1. The van der Waals surface area contributed by atoms with E-state index < -0.39 is 0 Å². The molecule has 0 aliphatic carbocycles. The molecule has 1 fully saturated rings. The number of thiazole rings is 1. The molecule has 0 aromatic carbocycles. The topological polar surface area (TPSA) is 48.4 Å². The first kappa shape index (κ1) is 15.7. The normalized spacial score (nSPS) is 19.3. The number of aromatic nitrogens is 1. The highest BCUT2D eigenvalue weighted by Gasteiger charge is 2.24. The second-order valence-corrected chi connectivity index (χ2v) is 7.55. The molecule has 1 unspecified atom stereocenters. The summed E-state index contributed by atoms with van der Waals surface area (Å²) in [6.45, 7) is 9.45. The van der Waals surface area contributed by atoms with Gasteiger partial charge in [-0.2, -0.15) is 0 Å². The summed E-state index contributed by atoms with van der Waals surface area (Å²) in [4.78, 5) is 6.76. The number of anilines is 1. The highest BCUT2D eigenvalue weighted by atomic mass is 32.1. The van der Waals surface area contributed by atoms with Gasteiger partial charge in [0, 0.05) is 37.3 Å². The summed E-state index contributed by atoms with van der Waals surface area (Å²) in [5, 5.41) is 16.4. The molecule has 0 radical (unpaired) electrons. The maximum atomic E-state index is 9.53. The molecular formula is C15H27N3OS. The molecule has 20 heavy (non-hydrogen) atoms. The number of nitrogens with zero attached hydrogens (tertiary/aromatic N) is 2. The smallest absolute Gasteiger partial charge is 0.185 e. The number of hydrogen-bond acceptors (Lipinski definition) is 5. The summed E-state index contributed by atoms with van der Waals surface area (Å²) in [5.74, 6) is 0. The Morgan fingerprint density at radius 3 is 2.75 bits per heavy atom. The van der Waals surface area contributed by atoms with Crippen LogP contribution in [-0.2, 0) is 0 Å². The highest BCUT2D eigenvalue weighted by Crippen LogP contribution is 2.24. The van der Waals surface area contributed by atoms with Crippen molar-refractivity contribution in [1.29, 1.82) is 0 Å². The third-order valence-corrected chi connectivity index (χ3v) is 4.73. The first-order valence-electron chi connectivity index (χ1n) is 7.52. The van der Waals surface area contributed by atoms with Crippen LogP contribution in [0.25, 0.3) is 0 Å². The molecule has 1 aliphatic rings. The lowest BCUT2D eigenvalue weighted by atomic mass is 9.86. The quantitative estimate of drug-likeness (QED) is 0.847. The fourth-order valence-electron chi connectivity index (χ4n) is 2.94. The Morgan fingerprint density at radius 2 is 2.20 bits per heavy atom. The lowest BCUT2D eigenvalue weighted by molar-refractivity contribution is 0.125. The molecule has 1 aromatic heterocycles. The lowest BCUT2D eigenvalue weighted by Gasteiger charge is -2.35. The van der Waals surface area contributed by atoms with E-state index in [0.29, 0.717) is 6.04 Å². The van der Waals surface area contributed by atoms with Crippen LogP contribution in [0.15, 0.2) is 11.6 Å². The van der Waals surface area contributed by atoms with Crippen LogP contribution in [0.5, 0.6) is 0 Å². The number of piperidine rings is 1. The van der Waals surface area contributed by atoms with E-state index in [9.17, 15) is 5.11 Å². The minimum atomic E-state index is -0.224. The predicted octanol–water partition coefficient (Wildman–Crippen LogP) is 2.50. The van der Waals surface area contributed by atoms with Crippen molar-refractivity contribution in [3.05, 3.63) is 11.6 Å². The van der Waals surface area contributed by atoms with Crippen LogP contribution in [0.4, 0.5) is 5.13 Å². The summed E-state index contributed by atoms with van der Waals surface area (Å²) < 4.78 is 0. The van der Waals surface area contributed by atoms with E-state index in [4.69, 9.17) is 0 Å². The van der Waals surface area contributed by atoms with Gasteiger partial charge in [0.1, 0.15) is 0 Å². The molecule has 4 nitrogen and oxygen atoms in total. The number of aliphatic hydroxyl groups excluding tert-OH is 1. The average molecular weight is 297 g/mol. The van der Waals surface area contributed by atoms with Gasteiger partial charge in [0.15, 0.2) is 5.13 Å². The Bertz CT molecular complexity index is 384. The van der Waals surface area contributed by atoms with E-state index in [1.807, 2.05) is 18.5 Å². The van der Waals surface area contributed by atoms with Gasteiger partial charge >= 0.3 is 0 Å². The van der Waals surface area contributed by atoms with Crippen molar-refractivity contribution in [2.75, 3.05) is 24.5 Å². The van der Waals surface area contributed by atoms with Crippen molar-refractivity contribution in [1.82, 2.24) is 10.3 Å². The van der Waals surface area contributed by atoms with E-state index in [1.54, 1.807) is 11.3 Å². The predicted molar refractivity (Wildman–Crippen MR) is 85.4 cm³/mol. The molecule has 114 valence electrons. The average Bonchev–Trinajstić information content (AvgIpc) is 2.89. The summed E-state index contributed by atoms with van der Waals surface area (Å²) in [6.07, 6.45) is 4.84. The molecule has 0 spiro atoms. The lowest BCUT2D eigenvalue weighted by Crippen LogP contribution is -2.45. The van der Waals surface area contributed by atoms with E-state index in [1.165, 1.54) is 12.8 Å². The molecule has 1 aromatic rings. The van der Waals surface area contributed by atoms with Crippen molar-refractivity contribution in [2.24, 2.45) is 5.41 Å². The largest absolute Gasteiger partial charge is 0.393 e. The fraction of sp³-hybridized carbons (Fsp3) is 0.800. The Hall–Kier alpha value is -0.650. The molecule has 2 rings (SSSR count). The van der Waals surface area contributed by atoms with E-state index in [2.05, 4.69) is 29.0 Å². The summed E-state index contributed by atoms with van der Waals surface area (Å²) in [7, 11) is 0. The van der Waals surface area contributed by atoms with Gasteiger partial charge < -0.3 is 15.3 Å². The molecule has 0 saturated carbocycles. The molecule has 2 heterocycles. The van der Waals surface area contributed by atoms with E-state index in [-0.39, 0.29) is 11.5 Å². The van der Waals surface area contributed by atoms with Gasteiger partial charge in [-0.05, 0) is 31.6 Å². The highest BCUT2D eigenvalue weighted by molar-refractivity contribution is 7.13. The number of hydrogen-bond donors (Lipinski definition) is 2. The maximum Gasteiger partial charge on any atom is 0.185 e. The Labute approximate surface area is 126 Å². The van der Waals surface area contributed by atoms with Gasteiger partial charge in [0.25, 0.3) is 0 Å². The minimum Gasteiger partial charge on any atom is -0.393 e. The molecule has 2 N–H and O–H groups in total. The van der Waals surface area contributed by atoms with Crippen LogP contribution in [0, 0.1) is 5.41 Å². The first-order chi connectivity index (χ1) is 9.46. The Balaban J connectivity index is 1.72. The van der Waals surface area contributed by atoms with Crippen molar-refractivity contribution in [3.63, 3.8) is 0 Å². The van der Waals surface area contributed by atoms with Gasteiger partial charge in [-0.25, -0.2) is 4.98 Å². The zero-order chi connectivity index (χ0) is 14.6. The second kappa shape index (κ2) is 6.87. The SMILES string of the molecule is CC(O)CC(C)(C)CNC1CCN(c2nccs2)CC1. The summed E-state index contributed by atoms with van der Waals surface area (Å²) >= 11 is 1.72. The van der Waals surface area contributed by atoms with Crippen molar-refractivity contribution < 1.29 is 5.11 Å². The fourth-order valence-corrected chi connectivity index (χ4v) is 3.64. The van der Waals surface area contributed by atoms with E-state index >= 15 is 0 Å². The zero-order valence-electron chi connectivity index (χ0n) is 12.8. The van der Waals surface area contributed by atoms with Gasteiger partial charge in [0.05, 0.1) is 6.10 Å². The molecule has 1 atom stereocenters. The maximum absolute atomic E-state index is 9.53. The molecule has 0 bridgehead atoms. The molecule has 0 amide bonds. The summed E-state index contributed by atoms with van der Waals surface area (Å²) in [6, 6.07) is 0.597. The number of rotatable bonds is 6. The third-order valence-electron chi connectivity index (χ3n) is 3.90. The van der Waals surface area contributed by atoms with Gasteiger partial charge in [0.2, 0.25) is 0 Å². The first-order valence-corrected chi connectivity index (χ1v) is 8.40. The minimum absolute atomic E-state index is 0.153. The zero-order valence-corrected chi connectivity index (χ0v) is 13.6. The molecule has 1 aliphatic heterocycles. The van der Waals surface area contributed by atoms with Crippen LogP contribution in [0.3, 0.4) is 0 Å². The van der Waals surface area contributed by atoms with Gasteiger partial charge in [-0.15, -0.1) is 11.3 Å². The van der Waals surface area contributed by atoms with Gasteiger partial charge in [-0.1, -0.05) is 13.8 Å². The molecule has 1 saturated heterocycles. The standard InChI is InChI=1S/C15H27N3OS/c1-12(19)10-15(2,3)11-17-13-4-7-18(8-5-13)14-16-6-9-20-14/h6,9,12-13,17,19H,4-5,7-8,10-11H2,1-3H3. The van der Waals surface area contributed by atoms with Crippen molar-refractivity contribution in [3.8, 4) is 0 Å². The molecular weight excluding hydrogens is 270 g/mol. The Morgan fingerprint density at radius 1 is 1.50 bits per heavy atom. The van der Waals surface area contributed by atoms with Crippen molar-refractivity contribution in [2.45, 2.75) is 52.2 Å². The summed E-state index contributed by atoms with van der Waals surface area (Å²) in [5.41, 5.74) is 0.153. The van der Waals surface area contributed by atoms with Crippen LogP contribution < -0.4 is 10.2 Å². The Kier molecular flexibility index (Phi) is 5.41. The number of aliphatic hydroxyl groups is 1.